The maximum Gasteiger partial charge on any atom is 0.340 e. The van der Waals surface area contributed by atoms with Crippen LogP contribution in [0.5, 0.6) is 5.75 Å². The van der Waals surface area contributed by atoms with Gasteiger partial charge in [-0.05, 0) is 37.3 Å². The minimum Gasteiger partial charge on any atom is -0.379 e. The van der Waals surface area contributed by atoms with Crippen LogP contribution in [0.2, 0.25) is 5.02 Å². The summed E-state index contributed by atoms with van der Waals surface area (Å²) < 4.78 is 30.1. The molecule has 0 N–H and O–H groups in total. The first-order valence-electron chi connectivity index (χ1n) is 5.80. The number of hydrogen-bond donors (Lipinski definition) is 0. The molecule has 0 spiro atoms. The lowest BCUT2D eigenvalue weighted by molar-refractivity contribution is 0.101. The van der Waals surface area contributed by atoms with Crippen LogP contribution >= 0.6 is 27.5 Å². The number of halogens is 2. The Labute approximate surface area is 135 Å². The molecule has 0 fully saturated rings. The second-order valence-electron chi connectivity index (χ2n) is 4.20. The van der Waals surface area contributed by atoms with Crippen molar-refractivity contribution < 1.29 is 17.4 Å². The summed E-state index contributed by atoms with van der Waals surface area (Å²) in [5.41, 5.74) is 0.365. The summed E-state index contributed by atoms with van der Waals surface area (Å²) in [5.74, 6) is -0.124. The van der Waals surface area contributed by atoms with Gasteiger partial charge in [0.2, 0.25) is 0 Å². The van der Waals surface area contributed by atoms with Crippen LogP contribution in [0.15, 0.2) is 51.8 Å². The number of carbonyl (C=O) groups is 1. The van der Waals surface area contributed by atoms with Gasteiger partial charge in [0.1, 0.15) is 10.6 Å². The summed E-state index contributed by atoms with van der Waals surface area (Å²) in [5, 5.41) is 0.0482. The standard InChI is InChI=1S/C14H10BrClO4S/c1-9(17)10-3-2-4-12(7-10)20-21(18,19)14-6-5-11(15)8-13(14)16/h2-8H,1H3. The van der Waals surface area contributed by atoms with E-state index in [2.05, 4.69) is 15.9 Å². The largest absolute Gasteiger partial charge is 0.379 e. The van der Waals surface area contributed by atoms with E-state index in [0.29, 0.717) is 10.0 Å². The molecule has 7 heteroatoms. The van der Waals surface area contributed by atoms with Crippen LogP contribution in [0.25, 0.3) is 0 Å². The smallest absolute Gasteiger partial charge is 0.340 e. The molecule has 0 heterocycles. The quantitative estimate of drug-likeness (QED) is 0.584. The second-order valence-corrected chi connectivity index (χ2v) is 7.03. The fourth-order valence-electron chi connectivity index (χ4n) is 1.62. The molecule has 0 aliphatic heterocycles. The molecule has 4 nitrogen and oxygen atoms in total. The molecule has 0 aliphatic carbocycles. The molecule has 0 saturated carbocycles. The van der Waals surface area contributed by atoms with Gasteiger partial charge in [-0.2, -0.15) is 8.42 Å². The van der Waals surface area contributed by atoms with E-state index in [1.54, 1.807) is 18.2 Å². The van der Waals surface area contributed by atoms with Gasteiger partial charge in [-0.15, -0.1) is 0 Å². The van der Waals surface area contributed by atoms with Crippen molar-refractivity contribution in [1.82, 2.24) is 0 Å². The molecule has 0 bridgehead atoms. The van der Waals surface area contributed by atoms with Crippen molar-refractivity contribution in [3.63, 3.8) is 0 Å². The first-order valence-corrected chi connectivity index (χ1v) is 8.38. The lowest BCUT2D eigenvalue weighted by Crippen LogP contribution is -2.10. The van der Waals surface area contributed by atoms with Crippen LogP contribution in [-0.2, 0) is 10.1 Å². The SMILES string of the molecule is CC(=O)c1cccc(OS(=O)(=O)c2ccc(Br)cc2Cl)c1. The first-order chi connectivity index (χ1) is 9.79. The number of Topliss-reactive ketones (excluding diaryl/α,β-unsaturated/α-hetero) is 1. The third-order valence-electron chi connectivity index (χ3n) is 2.61. The van der Waals surface area contributed by atoms with E-state index in [4.69, 9.17) is 15.8 Å². The van der Waals surface area contributed by atoms with Crippen LogP contribution in [0.1, 0.15) is 17.3 Å². The highest BCUT2D eigenvalue weighted by molar-refractivity contribution is 9.10. The fourth-order valence-corrected chi connectivity index (χ4v) is 3.55. The van der Waals surface area contributed by atoms with Gasteiger partial charge < -0.3 is 4.18 Å². The van der Waals surface area contributed by atoms with Crippen molar-refractivity contribution in [3.8, 4) is 5.75 Å². The molecular formula is C14H10BrClO4S. The number of carbonyl (C=O) groups excluding carboxylic acids is 1. The molecule has 21 heavy (non-hydrogen) atoms. The van der Waals surface area contributed by atoms with Crippen LogP contribution in [-0.4, -0.2) is 14.2 Å². The minimum atomic E-state index is -4.07. The van der Waals surface area contributed by atoms with Gasteiger partial charge in [0, 0.05) is 10.0 Å². The molecule has 110 valence electrons. The molecule has 2 rings (SSSR count). The van der Waals surface area contributed by atoms with Crippen molar-refractivity contribution in [2.45, 2.75) is 11.8 Å². The number of rotatable bonds is 4. The number of benzene rings is 2. The van der Waals surface area contributed by atoms with Gasteiger partial charge in [0.25, 0.3) is 0 Å². The summed E-state index contributed by atoms with van der Waals surface area (Å²) in [6, 6.07) is 10.3. The Morgan fingerprint density at radius 2 is 1.90 bits per heavy atom. The molecule has 0 radical (unpaired) electrons. The van der Waals surface area contributed by atoms with E-state index in [1.165, 1.54) is 31.2 Å². The summed E-state index contributed by atoms with van der Waals surface area (Å²) in [6.07, 6.45) is 0. The van der Waals surface area contributed by atoms with Crippen LogP contribution in [0.4, 0.5) is 0 Å². The molecular weight excluding hydrogens is 380 g/mol. The normalized spacial score (nSPS) is 11.2. The first kappa shape index (κ1) is 16.0. The third kappa shape index (κ3) is 3.84. The van der Waals surface area contributed by atoms with Crippen molar-refractivity contribution >= 4 is 43.4 Å². The third-order valence-corrected chi connectivity index (χ3v) is 4.83. The van der Waals surface area contributed by atoms with Gasteiger partial charge in [0.15, 0.2) is 5.78 Å². The summed E-state index contributed by atoms with van der Waals surface area (Å²) in [6.45, 7) is 1.39. The van der Waals surface area contributed by atoms with Gasteiger partial charge in [-0.1, -0.05) is 39.7 Å². The summed E-state index contributed by atoms with van der Waals surface area (Å²) >= 11 is 9.12. The number of ketones is 1. The number of hydrogen-bond acceptors (Lipinski definition) is 4. The molecule has 0 atom stereocenters. The van der Waals surface area contributed by atoms with Crippen LogP contribution in [0.3, 0.4) is 0 Å². The highest BCUT2D eigenvalue weighted by Crippen LogP contribution is 2.28. The minimum absolute atomic E-state index is 0.0482. The van der Waals surface area contributed by atoms with E-state index in [9.17, 15) is 13.2 Å². The molecule has 2 aromatic carbocycles. The zero-order valence-corrected chi connectivity index (χ0v) is 14.0. The lowest BCUT2D eigenvalue weighted by atomic mass is 10.1. The Balaban J connectivity index is 2.37. The Morgan fingerprint density at radius 1 is 1.19 bits per heavy atom. The predicted octanol–water partition coefficient (Wildman–Crippen LogP) is 4.07. The zero-order chi connectivity index (χ0) is 15.6. The van der Waals surface area contributed by atoms with E-state index in [0.717, 1.165) is 0 Å². The topological polar surface area (TPSA) is 60.4 Å². The average Bonchev–Trinajstić information content (AvgIpc) is 2.37. The van der Waals surface area contributed by atoms with Crippen LogP contribution < -0.4 is 4.18 Å². The van der Waals surface area contributed by atoms with E-state index >= 15 is 0 Å². The van der Waals surface area contributed by atoms with Gasteiger partial charge in [0.05, 0.1) is 5.02 Å². The van der Waals surface area contributed by atoms with E-state index in [1.807, 2.05) is 0 Å². The Morgan fingerprint density at radius 3 is 2.52 bits per heavy atom. The zero-order valence-electron chi connectivity index (χ0n) is 10.8. The predicted molar refractivity (Wildman–Crippen MR) is 83.4 cm³/mol. The molecule has 0 amide bonds. The summed E-state index contributed by atoms with van der Waals surface area (Å²) in [4.78, 5) is 11.2. The maximum atomic E-state index is 12.2. The van der Waals surface area contributed by atoms with Crippen molar-refractivity contribution in [3.05, 3.63) is 57.5 Å². The Bertz CT molecular complexity index is 802. The van der Waals surface area contributed by atoms with Crippen LogP contribution in [0, 0.1) is 0 Å². The highest BCUT2D eigenvalue weighted by atomic mass is 79.9. The monoisotopic (exact) mass is 388 g/mol. The lowest BCUT2D eigenvalue weighted by Gasteiger charge is -2.09. The molecule has 0 aliphatic rings. The molecule has 0 aromatic heterocycles. The fraction of sp³-hybridized carbons (Fsp3) is 0.0714. The van der Waals surface area contributed by atoms with Gasteiger partial charge >= 0.3 is 10.1 Å². The van der Waals surface area contributed by atoms with Gasteiger partial charge in [-0.3, -0.25) is 4.79 Å². The highest BCUT2D eigenvalue weighted by Gasteiger charge is 2.20. The molecule has 0 saturated heterocycles. The molecule has 2 aromatic rings. The Kier molecular flexibility index (Phi) is 4.70. The van der Waals surface area contributed by atoms with E-state index in [-0.39, 0.29) is 21.5 Å². The van der Waals surface area contributed by atoms with Crippen molar-refractivity contribution in [2.24, 2.45) is 0 Å². The average molecular weight is 390 g/mol. The summed E-state index contributed by atoms with van der Waals surface area (Å²) in [7, 11) is -4.07. The van der Waals surface area contributed by atoms with Gasteiger partial charge in [-0.25, -0.2) is 0 Å². The molecule has 0 unspecified atom stereocenters. The second kappa shape index (κ2) is 6.17. The Hall–Kier alpha value is -1.37. The van der Waals surface area contributed by atoms with Crippen molar-refractivity contribution in [2.75, 3.05) is 0 Å². The maximum absolute atomic E-state index is 12.2. The van der Waals surface area contributed by atoms with Crippen molar-refractivity contribution in [1.29, 1.82) is 0 Å². The van der Waals surface area contributed by atoms with E-state index < -0.39 is 10.1 Å².